The Kier molecular flexibility index (Phi) is 4.55. The number of ether oxygens (including phenoxy) is 1. The minimum atomic E-state index is -0.162. The highest BCUT2D eigenvalue weighted by atomic mass is 16.5. The summed E-state index contributed by atoms with van der Waals surface area (Å²) in [4.78, 5) is 11.9. The monoisotopic (exact) mass is 271 g/mol. The fourth-order valence-electron chi connectivity index (χ4n) is 1.81. The Balaban J connectivity index is 1.99. The molecule has 0 saturated heterocycles. The van der Waals surface area contributed by atoms with Gasteiger partial charge in [-0.2, -0.15) is 5.10 Å². The lowest BCUT2D eigenvalue weighted by Crippen LogP contribution is -2.24. The van der Waals surface area contributed by atoms with Crippen LogP contribution in [0.5, 0.6) is 5.75 Å². The molecule has 5 heteroatoms. The van der Waals surface area contributed by atoms with Crippen LogP contribution in [0.2, 0.25) is 0 Å². The van der Waals surface area contributed by atoms with Crippen LogP contribution in [0.15, 0.2) is 42.7 Å². The van der Waals surface area contributed by atoms with Gasteiger partial charge in [-0.1, -0.05) is 18.2 Å². The van der Waals surface area contributed by atoms with Gasteiger partial charge >= 0.3 is 0 Å². The predicted octanol–water partition coefficient (Wildman–Crippen LogP) is 2.31. The summed E-state index contributed by atoms with van der Waals surface area (Å²) in [6, 6.07) is 7.43. The molecule has 1 unspecified atom stereocenters. The van der Waals surface area contributed by atoms with E-state index in [2.05, 4.69) is 15.5 Å². The zero-order valence-corrected chi connectivity index (χ0v) is 11.5. The molecule has 2 N–H and O–H groups in total. The summed E-state index contributed by atoms with van der Waals surface area (Å²) in [5.41, 5.74) is 1.80. The maximum Gasteiger partial charge on any atom is 0.244 e. The topological polar surface area (TPSA) is 67.0 Å². The highest BCUT2D eigenvalue weighted by Crippen LogP contribution is 2.18. The van der Waals surface area contributed by atoms with E-state index < -0.39 is 0 Å². The Bertz CT molecular complexity index is 591. The number of hydrogen-bond donors (Lipinski definition) is 2. The lowest BCUT2D eigenvalue weighted by atomic mass is 10.1. The second kappa shape index (κ2) is 6.56. The van der Waals surface area contributed by atoms with Crippen LogP contribution < -0.4 is 10.1 Å². The van der Waals surface area contributed by atoms with Gasteiger partial charge in [0.15, 0.2) is 0 Å². The predicted molar refractivity (Wildman–Crippen MR) is 77.2 cm³/mol. The van der Waals surface area contributed by atoms with Gasteiger partial charge < -0.3 is 10.1 Å². The van der Waals surface area contributed by atoms with Crippen LogP contribution in [-0.4, -0.2) is 23.2 Å². The van der Waals surface area contributed by atoms with Crippen molar-refractivity contribution in [1.29, 1.82) is 0 Å². The Labute approximate surface area is 117 Å². The number of nitrogens with one attached hydrogen (secondary N) is 2. The van der Waals surface area contributed by atoms with E-state index in [0.717, 1.165) is 16.9 Å². The minimum absolute atomic E-state index is 0.0939. The number of methoxy groups -OCH3 is 1. The fraction of sp³-hybridized carbons (Fsp3) is 0.200. The lowest BCUT2D eigenvalue weighted by Gasteiger charge is -2.09. The average Bonchev–Trinajstić information content (AvgIpc) is 2.99. The molecule has 1 heterocycles. The van der Waals surface area contributed by atoms with Crippen molar-refractivity contribution in [3.63, 3.8) is 0 Å². The van der Waals surface area contributed by atoms with E-state index in [9.17, 15) is 4.79 Å². The Morgan fingerprint density at radius 3 is 2.95 bits per heavy atom. The average molecular weight is 271 g/mol. The third kappa shape index (κ3) is 3.47. The number of benzene rings is 1. The van der Waals surface area contributed by atoms with Crippen molar-refractivity contribution in [1.82, 2.24) is 15.5 Å². The summed E-state index contributed by atoms with van der Waals surface area (Å²) in [5, 5.41) is 9.44. The van der Waals surface area contributed by atoms with E-state index in [1.807, 2.05) is 31.2 Å². The van der Waals surface area contributed by atoms with Gasteiger partial charge in [0.25, 0.3) is 0 Å². The second-order valence-electron chi connectivity index (χ2n) is 4.34. The first-order valence-electron chi connectivity index (χ1n) is 6.31. The highest BCUT2D eigenvalue weighted by Gasteiger charge is 2.08. The number of nitrogens with zero attached hydrogens (tertiary/aromatic N) is 1. The van der Waals surface area contributed by atoms with Crippen molar-refractivity contribution < 1.29 is 9.53 Å². The number of para-hydroxylation sites is 1. The van der Waals surface area contributed by atoms with Gasteiger partial charge in [-0.05, 0) is 19.1 Å². The Morgan fingerprint density at radius 2 is 2.25 bits per heavy atom. The molecule has 20 heavy (non-hydrogen) atoms. The summed E-state index contributed by atoms with van der Waals surface area (Å²) in [7, 11) is 1.60. The van der Waals surface area contributed by atoms with Gasteiger partial charge in [0.1, 0.15) is 5.75 Å². The largest absolute Gasteiger partial charge is 0.496 e. The summed E-state index contributed by atoms with van der Waals surface area (Å²) < 4.78 is 5.22. The minimum Gasteiger partial charge on any atom is -0.496 e. The molecule has 104 valence electrons. The van der Waals surface area contributed by atoms with Crippen molar-refractivity contribution in [2.45, 2.75) is 13.0 Å². The van der Waals surface area contributed by atoms with Crippen LogP contribution in [0.3, 0.4) is 0 Å². The maximum absolute atomic E-state index is 11.9. The van der Waals surface area contributed by atoms with Crippen LogP contribution in [0, 0.1) is 0 Å². The standard InChI is InChI=1S/C15H17N3O2/c1-11(13-9-16-17-10-13)18-15(19)8-7-12-5-3-4-6-14(12)20-2/h3-11H,1-2H3,(H,16,17)(H,18,19)/b8-7+. The van der Waals surface area contributed by atoms with Crippen molar-refractivity contribution in [2.24, 2.45) is 0 Å². The number of aromatic nitrogens is 2. The molecule has 1 amide bonds. The van der Waals surface area contributed by atoms with Gasteiger partial charge in [-0.25, -0.2) is 0 Å². The number of H-pyrrole nitrogens is 1. The summed E-state index contributed by atoms with van der Waals surface area (Å²) in [6.07, 6.45) is 6.68. The van der Waals surface area contributed by atoms with E-state index in [1.165, 1.54) is 6.08 Å². The van der Waals surface area contributed by atoms with Gasteiger partial charge in [0.05, 0.1) is 19.3 Å². The third-order valence-electron chi connectivity index (χ3n) is 2.93. The van der Waals surface area contributed by atoms with Crippen molar-refractivity contribution in [3.8, 4) is 5.75 Å². The molecule has 0 aliphatic heterocycles. The molecule has 5 nitrogen and oxygen atoms in total. The number of rotatable bonds is 5. The molecule has 0 spiro atoms. The van der Waals surface area contributed by atoms with Gasteiger partial charge in [0, 0.05) is 23.4 Å². The molecular weight excluding hydrogens is 254 g/mol. The molecule has 0 saturated carbocycles. The molecule has 1 aromatic carbocycles. The van der Waals surface area contributed by atoms with Gasteiger partial charge in [-0.15, -0.1) is 0 Å². The molecule has 1 atom stereocenters. The number of carbonyl (C=O) groups excluding carboxylic acids is 1. The van der Waals surface area contributed by atoms with Crippen molar-refractivity contribution in [2.75, 3.05) is 7.11 Å². The lowest BCUT2D eigenvalue weighted by molar-refractivity contribution is -0.117. The SMILES string of the molecule is COc1ccccc1/C=C/C(=O)NC(C)c1cn[nH]c1. The Hall–Kier alpha value is -2.56. The number of amides is 1. The van der Waals surface area contributed by atoms with E-state index >= 15 is 0 Å². The molecule has 0 fully saturated rings. The normalized spacial score (nSPS) is 12.3. The number of hydrogen-bond acceptors (Lipinski definition) is 3. The molecule has 0 radical (unpaired) electrons. The third-order valence-corrected chi connectivity index (χ3v) is 2.93. The van der Waals surface area contributed by atoms with E-state index in [0.29, 0.717) is 0 Å². The van der Waals surface area contributed by atoms with Crippen molar-refractivity contribution in [3.05, 3.63) is 53.9 Å². The van der Waals surface area contributed by atoms with Gasteiger partial charge in [-0.3, -0.25) is 9.89 Å². The van der Waals surface area contributed by atoms with Crippen LogP contribution in [-0.2, 0) is 4.79 Å². The summed E-state index contributed by atoms with van der Waals surface area (Å²) in [6.45, 7) is 1.90. The van der Waals surface area contributed by atoms with E-state index in [-0.39, 0.29) is 11.9 Å². The highest BCUT2D eigenvalue weighted by molar-refractivity contribution is 5.92. The molecule has 1 aromatic heterocycles. The molecular formula is C15H17N3O2. The zero-order chi connectivity index (χ0) is 14.4. The first-order valence-corrected chi connectivity index (χ1v) is 6.31. The van der Waals surface area contributed by atoms with Crippen molar-refractivity contribution >= 4 is 12.0 Å². The van der Waals surface area contributed by atoms with Crippen LogP contribution >= 0.6 is 0 Å². The van der Waals surface area contributed by atoms with E-state index in [1.54, 1.807) is 25.6 Å². The van der Waals surface area contributed by atoms with Crippen LogP contribution in [0.1, 0.15) is 24.1 Å². The maximum atomic E-state index is 11.9. The van der Waals surface area contributed by atoms with Crippen LogP contribution in [0.4, 0.5) is 0 Å². The summed E-state index contributed by atoms with van der Waals surface area (Å²) in [5.74, 6) is 0.573. The molecule has 0 bridgehead atoms. The Morgan fingerprint density at radius 1 is 1.45 bits per heavy atom. The first kappa shape index (κ1) is 13.9. The molecule has 2 aromatic rings. The zero-order valence-electron chi connectivity index (χ0n) is 11.5. The number of carbonyl (C=O) groups is 1. The van der Waals surface area contributed by atoms with Gasteiger partial charge in [0.2, 0.25) is 5.91 Å². The quantitative estimate of drug-likeness (QED) is 0.820. The smallest absolute Gasteiger partial charge is 0.244 e. The molecule has 2 rings (SSSR count). The van der Waals surface area contributed by atoms with Crippen LogP contribution in [0.25, 0.3) is 6.08 Å². The summed E-state index contributed by atoms with van der Waals surface area (Å²) >= 11 is 0. The van der Waals surface area contributed by atoms with E-state index in [4.69, 9.17) is 4.74 Å². The first-order chi connectivity index (χ1) is 9.70. The fourth-order valence-corrected chi connectivity index (χ4v) is 1.81. The molecule has 0 aliphatic rings. The molecule has 0 aliphatic carbocycles. The number of aromatic amines is 1. The second-order valence-corrected chi connectivity index (χ2v) is 4.34.